The van der Waals surface area contributed by atoms with Crippen LogP contribution in [0.3, 0.4) is 0 Å². The van der Waals surface area contributed by atoms with E-state index in [0.717, 1.165) is 17.7 Å². The zero-order valence-corrected chi connectivity index (χ0v) is 14.4. The Morgan fingerprint density at radius 1 is 1.39 bits per heavy atom. The van der Waals surface area contributed by atoms with E-state index in [0.29, 0.717) is 17.5 Å². The fraction of sp³-hybridized carbons (Fsp3) is 0.375. The number of thiophene rings is 1. The highest BCUT2D eigenvalue weighted by Crippen LogP contribution is 2.36. The number of nitro benzene ring substituents is 1. The van der Waals surface area contributed by atoms with Crippen LogP contribution in [0.25, 0.3) is 0 Å². The van der Waals surface area contributed by atoms with Crippen LogP contribution in [0.1, 0.15) is 15.8 Å². The van der Waals surface area contributed by atoms with Crippen molar-refractivity contribution < 1.29 is 4.92 Å². The minimum absolute atomic E-state index is 0.141. The van der Waals surface area contributed by atoms with Crippen molar-refractivity contribution in [2.24, 2.45) is 0 Å². The van der Waals surface area contributed by atoms with E-state index in [9.17, 15) is 10.1 Å². The third-order valence-corrected chi connectivity index (χ3v) is 6.43. The van der Waals surface area contributed by atoms with Crippen molar-refractivity contribution in [2.45, 2.75) is 23.9 Å². The Hall–Kier alpha value is -1.41. The molecule has 2 unspecified atom stereocenters. The number of hydrogen-bond donors (Lipinski definition) is 2. The van der Waals surface area contributed by atoms with Crippen LogP contribution < -0.4 is 10.6 Å². The van der Waals surface area contributed by atoms with Gasteiger partial charge in [-0.3, -0.25) is 15.4 Å². The van der Waals surface area contributed by atoms with Gasteiger partial charge in [0.15, 0.2) is 0 Å². The number of non-ortho nitro benzene ring substituents is 1. The van der Waals surface area contributed by atoms with E-state index in [1.54, 1.807) is 23.5 Å². The highest BCUT2D eigenvalue weighted by atomic mass is 32.2. The predicted octanol–water partition coefficient (Wildman–Crippen LogP) is 3.19. The maximum Gasteiger partial charge on any atom is 0.269 e. The normalized spacial score (nSPS) is 22.1. The van der Waals surface area contributed by atoms with Crippen molar-refractivity contribution in [2.75, 3.05) is 12.8 Å². The first-order valence-corrected chi connectivity index (χ1v) is 9.42. The first-order valence-electron chi connectivity index (χ1n) is 7.49. The molecule has 1 aliphatic rings. The van der Waals surface area contributed by atoms with Gasteiger partial charge in [0.05, 0.1) is 10.3 Å². The van der Waals surface area contributed by atoms with Crippen LogP contribution in [0.2, 0.25) is 0 Å². The van der Waals surface area contributed by atoms with Crippen LogP contribution in [0, 0.1) is 10.1 Å². The van der Waals surface area contributed by atoms with E-state index < -0.39 is 0 Å². The van der Waals surface area contributed by atoms with Crippen LogP contribution in [-0.4, -0.2) is 29.8 Å². The molecule has 1 fully saturated rings. The van der Waals surface area contributed by atoms with Crippen LogP contribution in [0.15, 0.2) is 41.8 Å². The lowest BCUT2D eigenvalue weighted by Gasteiger charge is -2.23. The van der Waals surface area contributed by atoms with Gasteiger partial charge in [-0.2, -0.15) is 0 Å². The summed E-state index contributed by atoms with van der Waals surface area (Å²) >= 11 is 3.72. The Bertz CT molecular complexity index is 646. The number of rotatable bonds is 6. The average molecular weight is 349 g/mol. The summed E-state index contributed by atoms with van der Waals surface area (Å²) < 4.78 is 0. The summed E-state index contributed by atoms with van der Waals surface area (Å²) in [6, 6.07) is 11.8. The smallest absolute Gasteiger partial charge is 0.269 e. The Morgan fingerprint density at radius 3 is 2.78 bits per heavy atom. The van der Waals surface area contributed by atoms with Gasteiger partial charge in [-0.05, 0) is 30.5 Å². The fourth-order valence-corrected chi connectivity index (χ4v) is 5.06. The fourth-order valence-electron chi connectivity index (χ4n) is 2.78. The minimum Gasteiger partial charge on any atom is -0.315 e. The van der Waals surface area contributed by atoms with Gasteiger partial charge < -0.3 is 5.32 Å². The summed E-state index contributed by atoms with van der Waals surface area (Å²) in [5, 5.41) is 20.3. The zero-order chi connectivity index (χ0) is 16.2. The molecule has 122 valence electrons. The number of nitro groups is 1. The third kappa shape index (κ3) is 3.92. The molecule has 0 amide bonds. The summed E-state index contributed by atoms with van der Waals surface area (Å²) in [6.45, 7) is 0. The van der Waals surface area contributed by atoms with Gasteiger partial charge in [0.25, 0.3) is 5.69 Å². The Morgan fingerprint density at radius 2 is 2.17 bits per heavy atom. The molecule has 1 aromatic heterocycles. The van der Waals surface area contributed by atoms with Gasteiger partial charge in [-0.25, -0.2) is 0 Å². The molecule has 0 bridgehead atoms. The molecule has 2 aromatic rings. The molecule has 1 aromatic carbocycles. The zero-order valence-electron chi connectivity index (χ0n) is 12.8. The van der Waals surface area contributed by atoms with Crippen molar-refractivity contribution in [1.29, 1.82) is 0 Å². The number of likely N-dealkylation sites (N-methyl/N-ethyl adjacent to an activating group) is 1. The average Bonchev–Trinajstić information content (AvgIpc) is 3.24. The van der Waals surface area contributed by atoms with Crippen LogP contribution in [0.5, 0.6) is 0 Å². The number of thioether (sulfide) groups is 1. The second-order valence-corrected chi connectivity index (χ2v) is 7.64. The molecular weight excluding hydrogens is 330 g/mol. The molecule has 2 N–H and O–H groups in total. The van der Waals surface area contributed by atoms with E-state index in [2.05, 4.69) is 28.1 Å². The molecule has 23 heavy (non-hydrogen) atoms. The highest BCUT2D eigenvalue weighted by molar-refractivity contribution is 7.99. The molecule has 0 radical (unpaired) electrons. The lowest BCUT2D eigenvalue weighted by atomic mass is 10.00. The summed E-state index contributed by atoms with van der Waals surface area (Å²) in [4.78, 5) is 11.7. The second kappa shape index (κ2) is 7.44. The van der Waals surface area contributed by atoms with E-state index in [-0.39, 0.29) is 10.6 Å². The van der Waals surface area contributed by atoms with Crippen LogP contribution in [-0.2, 0) is 6.42 Å². The number of hydrogen-bond acceptors (Lipinski definition) is 6. The predicted molar refractivity (Wildman–Crippen MR) is 96.1 cm³/mol. The van der Waals surface area contributed by atoms with E-state index in [1.807, 2.05) is 30.9 Å². The molecule has 3 rings (SSSR count). The maximum atomic E-state index is 10.7. The van der Waals surface area contributed by atoms with Gasteiger partial charge in [-0.1, -0.05) is 18.2 Å². The standard InChI is InChI=1S/C16H19N3O2S2/c1-17-13(9-11-4-6-12(7-5-11)19(20)21)14-10-23-16(18-14)15-3-2-8-22-15/h2-8,13-14,16-18H,9-10H2,1H3/t13-,14?,16?/m0/s1. The number of benzene rings is 1. The first kappa shape index (κ1) is 16.4. The van der Waals surface area contributed by atoms with Crippen molar-refractivity contribution in [1.82, 2.24) is 10.6 Å². The molecule has 7 heteroatoms. The number of nitrogens with zero attached hydrogens (tertiary/aromatic N) is 1. The van der Waals surface area contributed by atoms with Crippen molar-refractivity contribution in [3.63, 3.8) is 0 Å². The molecule has 0 saturated carbocycles. The van der Waals surface area contributed by atoms with Gasteiger partial charge >= 0.3 is 0 Å². The monoisotopic (exact) mass is 349 g/mol. The molecule has 1 saturated heterocycles. The Balaban J connectivity index is 1.63. The quantitative estimate of drug-likeness (QED) is 0.619. The van der Waals surface area contributed by atoms with E-state index in [1.165, 1.54) is 4.88 Å². The maximum absolute atomic E-state index is 10.7. The molecule has 0 spiro atoms. The lowest BCUT2D eigenvalue weighted by molar-refractivity contribution is -0.384. The summed E-state index contributed by atoms with van der Waals surface area (Å²) in [5.74, 6) is 1.06. The highest BCUT2D eigenvalue weighted by Gasteiger charge is 2.31. The number of nitrogens with one attached hydrogen (secondary N) is 2. The minimum atomic E-state index is -0.361. The van der Waals surface area contributed by atoms with Crippen molar-refractivity contribution in [3.8, 4) is 0 Å². The summed E-state index contributed by atoms with van der Waals surface area (Å²) in [7, 11) is 1.97. The Labute approximate surface area is 143 Å². The van der Waals surface area contributed by atoms with Gasteiger partial charge in [0, 0.05) is 34.8 Å². The molecule has 5 nitrogen and oxygen atoms in total. The van der Waals surface area contributed by atoms with Gasteiger partial charge in [0.1, 0.15) is 0 Å². The largest absolute Gasteiger partial charge is 0.315 e. The van der Waals surface area contributed by atoms with E-state index >= 15 is 0 Å². The van der Waals surface area contributed by atoms with Crippen molar-refractivity contribution in [3.05, 3.63) is 62.3 Å². The lowest BCUT2D eigenvalue weighted by Crippen LogP contribution is -2.46. The van der Waals surface area contributed by atoms with Gasteiger partial charge in [-0.15, -0.1) is 23.1 Å². The molecule has 1 aliphatic heterocycles. The van der Waals surface area contributed by atoms with Crippen molar-refractivity contribution >= 4 is 28.8 Å². The third-order valence-electron chi connectivity index (χ3n) is 4.07. The molecule has 0 aliphatic carbocycles. The van der Waals surface area contributed by atoms with Crippen LogP contribution >= 0.6 is 23.1 Å². The topological polar surface area (TPSA) is 67.2 Å². The summed E-state index contributed by atoms with van der Waals surface area (Å²) in [6.07, 6.45) is 0.851. The van der Waals surface area contributed by atoms with Crippen LogP contribution in [0.4, 0.5) is 5.69 Å². The molecule has 3 atom stereocenters. The van der Waals surface area contributed by atoms with Gasteiger partial charge in [0.2, 0.25) is 0 Å². The molecular formula is C16H19N3O2S2. The summed E-state index contributed by atoms with van der Waals surface area (Å²) in [5.41, 5.74) is 1.25. The second-order valence-electron chi connectivity index (χ2n) is 5.52. The molecule has 2 heterocycles. The SMILES string of the molecule is CN[C@@H](Cc1ccc([N+](=O)[O-])cc1)C1CSC(c2cccs2)N1. The first-order chi connectivity index (χ1) is 11.2. The van der Waals surface area contributed by atoms with E-state index in [4.69, 9.17) is 0 Å². The Kier molecular flexibility index (Phi) is 5.32.